The fourth-order valence-electron chi connectivity index (χ4n) is 0.825. The van der Waals surface area contributed by atoms with Gasteiger partial charge in [-0.3, -0.25) is 9.48 Å². The predicted octanol–water partition coefficient (Wildman–Crippen LogP) is -0.117. The van der Waals surface area contributed by atoms with Crippen LogP contribution in [0.2, 0.25) is 0 Å². The van der Waals surface area contributed by atoms with Crippen LogP contribution in [0.15, 0.2) is 6.33 Å². The van der Waals surface area contributed by atoms with Crippen molar-refractivity contribution in [2.24, 2.45) is 0 Å². The highest BCUT2D eigenvalue weighted by atomic mass is 16.5. The first-order valence-corrected chi connectivity index (χ1v) is 3.90. The van der Waals surface area contributed by atoms with E-state index in [4.69, 9.17) is 0 Å². The molecule has 0 saturated heterocycles. The zero-order valence-corrected chi connectivity index (χ0v) is 7.65. The van der Waals surface area contributed by atoms with Crippen molar-refractivity contribution in [3.63, 3.8) is 0 Å². The quantitative estimate of drug-likeness (QED) is 0.661. The van der Waals surface area contributed by atoms with Crippen molar-refractivity contribution in [2.45, 2.75) is 13.0 Å². The fraction of sp³-hybridized carbons (Fsp3) is 0.571. The Bertz CT molecular complexity index is 284. The monoisotopic (exact) mass is 184 g/mol. The van der Waals surface area contributed by atoms with E-state index in [-0.39, 0.29) is 5.97 Å². The van der Waals surface area contributed by atoms with Crippen LogP contribution >= 0.6 is 0 Å². The molecular weight excluding hydrogens is 172 g/mol. The van der Waals surface area contributed by atoms with Crippen molar-refractivity contribution in [1.82, 2.24) is 14.8 Å². The summed E-state index contributed by atoms with van der Waals surface area (Å²) in [6.07, 6.45) is 1.87. The number of rotatable bonds is 4. The number of hydrogen-bond acceptors (Lipinski definition) is 5. The number of carbonyl (C=O) groups is 1. The summed E-state index contributed by atoms with van der Waals surface area (Å²) >= 11 is 0. The molecule has 0 atom stereocenters. The van der Waals surface area contributed by atoms with Crippen molar-refractivity contribution in [2.75, 3.05) is 19.5 Å². The number of aryl methyl sites for hydroxylation is 1. The average Bonchev–Trinajstić information content (AvgIpc) is 2.61. The molecule has 0 aliphatic carbocycles. The molecule has 1 heterocycles. The highest BCUT2D eigenvalue weighted by Crippen LogP contribution is 1.96. The summed E-state index contributed by atoms with van der Waals surface area (Å²) in [4.78, 5) is 14.7. The number of esters is 1. The lowest BCUT2D eigenvalue weighted by atomic mass is 10.4. The van der Waals surface area contributed by atoms with Crippen LogP contribution < -0.4 is 5.32 Å². The molecule has 0 aromatic carbocycles. The molecule has 0 fully saturated rings. The number of nitrogens with one attached hydrogen (secondary N) is 1. The molecule has 0 saturated carbocycles. The summed E-state index contributed by atoms with van der Waals surface area (Å²) in [5, 5.41) is 6.81. The SMILES string of the molecule is CNc1ncn(CCC(=O)OC)n1. The van der Waals surface area contributed by atoms with Crippen LogP contribution in [0.3, 0.4) is 0 Å². The minimum absolute atomic E-state index is 0.249. The van der Waals surface area contributed by atoms with Gasteiger partial charge in [0.05, 0.1) is 20.1 Å². The van der Waals surface area contributed by atoms with Crippen LogP contribution in [0, 0.1) is 0 Å². The number of carbonyl (C=O) groups excluding carboxylic acids is 1. The van der Waals surface area contributed by atoms with Crippen molar-refractivity contribution in [3.05, 3.63) is 6.33 Å². The van der Waals surface area contributed by atoms with Crippen LogP contribution in [-0.4, -0.2) is 34.9 Å². The molecule has 6 nitrogen and oxygen atoms in total. The predicted molar refractivity (Wildman–Crippen MR) is 46.2 cm³/mol. The number of methoxy groups -OCH3 is 1. The van der Waals surface area contributed by atoms with Crippen molar-refractivity contribution < 1.29 is 9.53 Å². The maximum Gasteiger partial charge on any atom is 0.307 e. The van der Waals surface area contributed by atoms with Gasteiger partial charge in [0.1, 0.15) is 6.33 Å². The first-order valence-electron chi connectivity index (χ1n) is 3.90. The van der Waals surface area contributed by atoms with E-state index in [1.807, 2.05) is 0 Å². The third-order valence-electron chi connectivity index (χ3n) is 1.53. The van der Waals surface area contributed by atoms with E-state index in [1.54, 1.807) is 18.1 Å². The van der Waals surface area contributed by atoms with Gasteiger partial charge in [0, 0.05) is 7.05 Å². The third kappa shape index (κ3) is 2.73. The number of hydrogen-bond donors (Lipinski definition) is 1. The Labute approximate surface area is 75.9 Å². The average molecular weight is 184 g/mol. The maximum absolute atomic E-state index is 10.8. The van der Waals surface area contributed by atoms with E-state index in [9.17, 15) is 4.79 Å². The molecular formula is C7H12N4O2. The lowest BCUT2D eigenvalue weighted by Crippen LogP contribution is -2.07. The number of aromatic nitrogens is 3. The molecule has 0 bridgehead atoms. The van der Waals surface area contributed by atoms with Crippen molar-refractivity contribution in [1.29, 1.82) is 0 Å². The van der Waals surface area contributed by atoms with Gasteiger partial charge >= 0.3 is 5.97 Å². The Kier molecular flexibility index (Phi) is 3.24. The second kappa shape index (κ2) is 4.44. The van der Waals surface area contributed by atoms with Crippen LogP contribution in [0.4, 0.5) is 5.95 Å². The molecule has 1 aromatic heterocycles. The Morgan fingerprint density at radius 1 is 1.77 bits per heavy atom. The molecule has 1 aromatic rings. The van der Waals surface area contributed by atoms with Crippen molar-refractivity contribution in [3.8, 4) is 0 Å². The van der Waals surface area contributed by atoms with E-state index >= 15 is 0 Å². The van der Waals surface area contributed by atoms with Gasteiger partial charge in [0.15, 0.2) is 0 Å². The minimum atomic E-state index is -0.249. The summed E-state index contributed by atoms with van der Waals surface area (Å²) < 4.78 is 6.08. The van der Waals surface area contributed by atoms with E-state index in [0.29, 0.717) is 18.9 Å². The van der Waals surface area contributed by atoms with E-state index in [0.717, 1.165) is 0 Å². The Balaban J connectivity index is 2.41. The largest absolute Gasteiger partial charge is 0.469 e. The van der Waals surface area contributed by atoms with Crippen molar-refractivity contribution >= 4 is 11.9 Å². The first-order chi connectivity index (χ1) is 6.26. The summed E-state index contributed by atoms with van der Waals surface area (Å²) in [5.41, 5.74) is 0. The van der Waals surface area contributed by atoms with E-state index in [1.165, 1.54) is 7.11 Å². The second-order valence-electron chi connectivity index (χ2n) is 2.41. The minimum Gasteiger partial charge on any atom is -0.469 e. The summed E-state index contributed by atoms with van der Waals surface area (Å²) in [5.74, 6) is 0.298. The second-order valence-corrected chi connectivity index (χ2v) is 2.41. The first kappa shape index (κ1) is 9.50. The standard InChI is InChI=1S/C7H12N4O2/c1-8-7-9-5-11(10-7)4-3-6(12)13-2/h5H,3-4H2,1-2H3,(H,8,10). The molecule has 13 heavy (non-hydrogen) atoms. The van der Waals surface area contributed by atoms with Gasteiger partial charge in [-0.2, -0.15) is 0 Å². The zero-order chi connectivity index (χ0) is 9.68. The highest BCUT2D eigenvalue weighted by Gasteiger charge is 2.02. The van der Waals surface area contributed by atoms with Gasteiger partial charge in [-0.15, -0.1) is 5.10 Å². The molecule has 1 rings (SSSR count). The Morgan fingerprint density at radius 2 is 2.54 bits per heavy atom. The molecule has 0 unspecified atom stereocenters. The summed E-state index contributed by atoms with van der Waals surface area (Å²) in [7, 11) is 3.10. The molecule has 0 aliphatic rings. The highest BCUT2D eigenvalue weighted by molar-refractivity contribution is 5.68. The number of nitrogens with zero attached hydrogens (tertiary/aromatic N) is 3. The molecule has 0 spiro atoms. The van der Waals surface area contributed by atoms with Gasteiger partial charge in [-0.05, 0) is 0 Å². The number of anilines is 1. The molecule has 6 heteroatoms. The molecule has 0 radical (unpaired) electrons. The van der Waals surface area contributed by atoms with Gasteiger partial charge in [-0.1, -0.05) is 0 Å². The van der Waals surface area contributed by atoms with Crippen LogP contribution in [0.5, 0.6) is 0 Å². The van der Waals surface area contributed by atoms with Crippen LogP contribution in [0.25, 0.3) is 0 Å². The van der Waals surface area contributed by atoms with E-state index < -0.39 is 0 Å². The van der Waals surface area contributed by atoms with E-state index in [2.05, 4.69) is 20.1 Å². The number of ether oxygens (including phenoxy) is 1. The summed E-state index contributed by atoms with van der Waals surface area (Å²) in [6.45, 7) is 0.487. The molecule has 0 aliphatic heterocycles. The lowest BCUT2D eigenvalue weighted by Gasteiger charge is -1.98. The Morgan fingerprint density at radius 3 is 3.08 bits per heavy atom. The fourth-order valence-corrected chi connectivity index (χ4v) is 0.825. The zero-order valence-electron chi connectivity index (χ0n) is 7.65. The summed E-state index contributed by atoms with van der Waals surface area (Å²) in [6, 6.07) is 0. The lowest BCUT2D eigenvalue weighted by molar-refractivity contribution is -0.140. The van der Waals surface area contributed by atoms with Gasteiger partial charge in [0.25, 0.3) is 0 Å². The third-order valence-corrected chi connectivity index (χ3v) is 1.53. The van der Waals surface area contributed by atoms with Crippen LogP contribution in [0.1, 0.15) is 6.42 Å². The molecule has 72 valence electrons. The Hall–Kier alpha value is -1.59. The smallest absolute Gasteiger partial charge is 0.307 e. The maximum atomic E-state index is 10.8. The molecule has 0 amide bonds. The normalized spacial score (nSPS) is 9.69. The molecule has 1 N–H and O–H groups in total. The van der Waals surface area contributed by atoms with Gasteiger partial charge in [-0.25, -0.2) is 4.98 Å². The van der Waals surface area contributed by atoms with Gasteiger partial charge < -0.3 is 10.1 Å². The topological polar surface area (TPSA) is 69.0 Å². The van der Waals surface area contributed by atoms with Gasteiger partial charge in [0.2, 0.25) is 5.95 Å². The van der Waals surface area contributed by atoms with Crippen LogP contribution in [-0.2, 0) is 16.1 Å².